The molecule has 0 unspecified atom stereocenters. The summed E-state index contributed by atoms with van der Waals surface area (Å²) in [7, 11) is 0. The highest BCUT2D eigenvalue weighted by Gasteiger charge is 2.18. The van der Waals surface area contributed by atoms with Crippen molar-refractivity contribution in [1.29, 1.82) is 0 Å². The van der Waals surface area contributed by atoms with Crippen molar-refractivity contribution in [3.05, 3.63) is 34.1 Å². The molecule has 0 aromatic heterocycles. The van der Waals surface area contributed by atoms with Gasteiger partial charge in [-0.2, -0.15) is 4.39 Å². The smallest absolute Gasteiger partial charge is 0.327 e. The third-order valence-corrected chi connectivity index (χ3v) is 2.52. The predicted molar refractivity (Wildman–Crippen MR) is 65.7 cm³/mol. The van der Waals surface area contributed by atoms with Gasteiger partial charge in [-0.15, -0.1) is 0 Å². The van der Waals surface area contributed by atoms with Crippen LogP contribution in [-0.2, 0) is 0 Å². The number of para-hydroxylation sites is 1. The van der Waals surface area contributed by atoms with Gasteiger partial charge in [0.25, 0.3) is 0 Å². The van der Waals surface area contributed by atoms with Gasteiger partial charge >= 0.3 is 5.69 Å². The fourth-order valence-electron chi connectivity index (χ4n) is 1.62. The molecule has 0 aliphatic rings. The van der Waals surface area contributed by atoms with Crippen molar-refractivity contribution < 1.29 is 9.31 Å². The number of nitro groups is 1. The number of anilines is 1. The SMILES string of the molecule is CCCCCCNc1cccc(F)c1[N+](=O)[O-]. The van der Waals surface area contributed by atoms with Crippen LogP contribution >= 0.6 is 0 Å². The van der Waals surface area contributed by atoms with Crippen LogP contribution in [0.3, 0.4) is 0 Å². The Bertz CT molecular complexity index is 383. The predicted octanol–water partition coefficient (Wildman–Crippen LogP) is 3.73. The first-order valence-corrected chi connectivity index (χ1v) is 5.83. The Morgan fingerprint density at radius 3 is 2.76 bits per heavy atom. The first-order chi connectivity index (χ1) is 8.16. The molecule has 0 amide bonds. The molecule has 0 aliphatic carbocycles. The van der Waals surface area contributed by atoms with Gasteiger partial charge in [0, 0.05) is 6.54 Å². The van der Waals surface area contributed by atoms with Gasteiger partial charge in [0.1, 0.15) is 5.69 Å². The first-order valence-electron chi connectivity index (χ1n) is 5.83. The van der Waals surface area contributed by atoms with Crippen molar-refractivity contribution in [3.63, 3.8) is 0 Å². The van der Waals surface area contributed by atoms with Crippen molar-refractivity contribution in [1.82, 2.24) is 0 Å². The Kier molecular flexibility index (Phi) is 5.39. The van der Waals surface area contributed by atoms with E-state index in [4.69, 9.17) is 0 Å². The highest BCUT2D eigenvalue weighted by atomic mass is 19.1. The molecule has 17 heavy (non-hydrogen) atoms. The van der Waals surface area contributed by atoms with Gasteiger partial charge in [-0.1, -0.05) is 32.3 Å². The standard InChI is InChI=1S/C12H17FN2O2/c1-2-3-4-5-9-14-11-8-6-7-10(13)12(11)15(16)17/h6-8,14H,2-5,9H2,1H3. The zero-order chi connectivity index (χ0) is 12.7. The molecule has 1 rings (SSSR count). The van der Waals surface area contributed by atoms with E-state index in [0.29, 0.717) is 6.54 Å². The van der Waals surface area contributed by atoms with Crippen LogP contribution in [0, 0.1) is 15.9 Å². The van der Waals surface area contributed by atoms with Crippen LogP contribution in [0.4, 0.5) is 15.8 Å². The van der Waals surface area contributed by atoms with Gasteiger partial charge in [0.15, 0.2) is 0 Å². The normalized spacial score (nSPS) is 10.2. The third kappa shape index (κ3) is 4.01. The summed E-state index contributed by atoms with van der Waals surface area (Å²) in [6, 6.07) is 4.10. The largest absolute Gasteiger partial charge is 0.379 e. The van der Waals surface area contributed by atoms with E-state index in [2.05, 4.69) is 12.2 Å². The number of benzene rings is 1. The molecule has 0 saturated carbocycles. The second kappa shape index (κ2) is 6.83. The molecular weight excluding hydrogens is 223 g/mol. The van der Waals surface area contributed by atoms with Crippen LogP contribution in [0.1, 0.15) is 32.6 Å². The summed E-state index contributed by atoms with van der Waals surface area (Å²) < 4.78 is 13.2. The van der Waals surface area contributed by atoms with E-state index in [1.54, 1.807) is 0 Å². The Morgan fingerprint density at radius 2 is 2.12 bits per heavy atom. The van der Waals surface area contributed by atoms with E-state index in [0.717, 1.165) is 31.7 Å². The number of hydrogen-bond acceptors (Lipinski definition) is 3. The first kappa shape index (κ1) is 13.4. The quantitative estimate of drug-likeness (QED) is 0.449. The molecule has 0 radical (unpaired) electrons. The Morgan fingerprint density at radius 1 is 1.35 bits per heavy atom. The summed E-state index contributed by atoms with van der Waals surface area (Å²) in [5, 5.41) is 13.6. The summed E-state index contributed by atoms with van der Waals surface area (Å²) in [6.45, 7) is 2.75. The van der Waals surface area contributed by atoms with Gasteiger partial charge < -0.3 is 5.32 Å². The lowest BCUT2D eigenvalue weighted by molar-refractivity contribution is -0.386. The fourth-order valence-corrected chi connectivity index (χ4v) is 1.62. The second-order valence-corrected chi connectivity index (χ2v) is 3.88. The summed E-state index contributed by atoms with van der Waals surface area (Å²) in [4.78, 5) is 10.0. The van der Waals surface area contributed by atoms with Crippen molar-refractivity contribution in [3.8, 4) is 0 Å². The van der Waals surface area contributed by atoms with Gasteiger partial charge in [-0.05, 0) is 18.6 Å². The second-order valence-electron chi connectivity index (χ2n) is 3.88. The highest BCUT2D eigenvalue weighted by Crippen LogP contribution is 2.27. The lowest BCUT2D eigenvalue weighted by atomic mass is 10.2. The van der Waals surface area contributed by atoms with Crippen LogP contribution in [0.5, 0.6) is 0 Å². The molecule has 0 saturated heterocycles. The van der Waals surface area contributed by atoms with Crippen molar-refractivity contribution in [2.75, 3.05) is 11.9 Å². The maximum absolute atomic E-state index is 13.2. The van der Waals surface area contributed by atoms with E-state index in [-0.39, 0.29) is 5.69 Å². The summed E-state index contributed by atoms with van der Waals surface area (Å²) in [5.74, 6) is -0.798. The molecule has 0 heterocycles. The number of rotatable bonds is 7. The number of nitrogens with one attached hydrogen (secondary N) is 1. The summed E-state index contributed by atoms with van der Waals surface area (Å²) in [6.07, 6.45) is 4.29. The third-order valence-electron chi connectivity index (χ3n) is 2.52. The Hall–Kier alpha value is -1.65. The Labute approximate surface area is 100.0 Å². The maximum atomic E-state index is 13.2. The topological polar surface area (TPSA) is 55.2 Å². The van der Waals surface area contributed by atoms with Crippen LogP contribution in [0.25, 0.3) is 0 Å². The molecule has 4 nitrogen and oxygen atoms in total. The zero-order valence-corrected chi connectivity index (χ0v) is 9.91. The fraction of sp³-hybridized carbons (Fsp3) is 0.500. The highest BCUT2D eigenvalue weighted by molar-refractivity contribution is 5.61. The molecule has 5 heteroatoms. The molecule has 94 valence electrons. The van der Waals surface area contributed by atoms with Gasteiger partial charge in [0.05, 0.1) is 4.92 Å². The van der Waals surface area contributed by atoms with E-state index >= 15 is 0 Å². The lowest BCUT2D eigenvalue weighted by Gasteiger charge is -2.06. The van der Waals surface area contributed by atoms with Crippen LogP contribution < -0.4 is 5.32 Å². The minimum absolute atomic E-state index is 0.256. The number of nitro benzene ring substituents is 1. The molecule has 0 spiro atoms. The lowest BCUT2D eigenvalue weighted by Crippen LogP contribution is -2.05. The molecule has 1 aromatic rings. The molecule has 0 aliphatic heterocycles. The van der Waals surface area contributed by atoms with Crippen molar-refractivity contribution in [2.24, 2.45) is 0 Å². The van der Waals surface area contributed by atoms with Crippen LogP contribution in [0.2, 0.25) is 0 Å². The number of hydrogen-bond donors (Lipinski definition) is 1. The van der Waals surface area contributed by atoms with Crippen molar-refractivity contribution in [2.45, 2.75) is 32.6 Å². The number of nitrogens with zero attached hydrogens (tertiary/aromatic N) is 1. The van der Waals surface area contributed by atoms with E-state index in [9.17, 15) is 14.5 Å². The molecule has 0 bridgehead atoms. The number of unbranched alkanes of at least 4 members (excludes halogenated alkanes) is 3. The van der Waals surface area contributed by atoms with Crippen molar-refractivity contribution >= 4 is 11.4 Å². The number of halogens is 1. The van der Waals surface area contributed by atoms with E-state index < -0.39 is 16.4 Å². The molecular formula is C12H17FN2O2. The summed E-state index contributed by atoms with van der Waals surface area (Å²) in [5.41, 5.74) is -0.213. The minimum atomic E-state index is -0.798. The van der Waals surface area contributed by atoms with Gasteiger partial charge in [-0.3, -0.25) is 10.1 Å². The zero-order valence-electron chi connectivity index (χ0n) is 9.91. The average molecular weight is 240 g/mol. The Balaban J connectivity index is 2.58. The van der Waals surface area contributed by atoms with Crippen LogP contribution in [-0.4, -0.2) is 11.5 Å². The molecule has 0 fully saturated rings. The maximum Gasteiger partial charge on any atom is 0.327 e. The average Bonchev–Trinajstić information content (AvgIpc) is 2.28. The summed E-state index contributed by atoms with van der Waals surface area (Å²) >= 11 is 0. The van der Waals surface area contributed by atoms with Gasteiger partial charge in [-0.25, -0.2) is 0 Å². The molecule has 0 atom stereocenters. The van der Waals surface area contributed by atoms with E-state index in [1.807, 2.05) is 0 Å². The monoisotopic (exact) mass is 240 g/mol. The van der Waals surface area contributed by atoms with E-state index in [1.165, 1.54) is 12.1 Å². The minimum Gasteiger partial charge on any atom is -0.379 e. The molecule has 1 aromatic carbocycles. The van der Waals surface area contributed by atoms with Crippen LogP contribution in [0.15, 0.2) is 18.2 Å². The van der Waals surface area contributed by atoms with Gasteiger partial charge in [0.2, 0.25) is 5.82 Å². The molecule has 1 N–H and O–H groups in total.